The summed E-state index contributed by atoms with van der Waals surface area (Å²) in [6.07, 6.45) is 0.185. The Kier molecular flexibility index (Phi) is 4.33. The summed E-state index contributed by atoms with van der Waals surface area (Å²) in [5.41, 5.74) is 0. The Morgan fingerprint density at radius 2 is 1.94 bits per heavy atom. The summed E-state index contributed by atoms with van der Waals surface area (Å²) < 4.78 is 0. The lowest BCUT2D eigenvalue weighted by Gasteiger charge is -2.31. The SMILES string of the molecule is CC1NC(C(C)C)N(CC(C)N(C)C)C1=O. The zero-order valence-corrected chi connectivity index (χ0v) is 11.3. The van der Waals surface area contributed by atoms with Gasteiger partial charge >= 0.3 is 0 Å². The molecule has 0 bridgehead atoms. The highest BCUT2D eigenvalue weighted by atomic mass is 16.2. The predicted octanol–water partition coefficient (Wildman–Crippen LogP) is 0.739. The quantitative estimate of drug-likeness (QED) is 0.769. The van der Waals surface area contributed by atoms with Gasteiger partial charge < -0.3 is 9.80 Å². The van der Waals surface area contributed by atoms with E-state index in [2.05, 4.69) is 31.0 Å². The van der Waals surface area contributed by atoms with E-state index in [-0.39, 0.29) is 18.1 Å². The van der Waals surface area contributed by atoms with Gasteiger partial charge in [0.05, 0.1) is 12.2 Å². The van der Waals surface area contributed by atoms with Crippen molar-refractivity contribution in [1.29, 1.82) is 0 Å². The van der Waals surface area contributed by atoms with Gasteiger partial charge in [0.25, 0.3) is 0 Å². The van der Waals surface area contributed by atoms with Crippen molar-refractivity contribution in [3.05, 3.63) is 0 Å². The van der Waals surface area contributed by atoms with Gasteiger partial charge in [-0.05, 0) is 33.9 Å². The number of hydrogen-bond donors (Lipinski definition) is 1. The van der Waals surface area contributed by atoms with E-state index in [0.29, 0.717) is 12.0 Å². The highest BCUT2D eigenvalue weighted by Gasteiger charge is 2.38. The highest BCUT2D eigenvalue weighted by molar-refractivity contribution is 5.84. The van der Waals surface area contributed by atoms with Gasteiger partial charge in [-0.15, -0.1) is 0 Å². The molecular weight excluding hydrogens is 202 g/mol. The Morgan fingerprint density at radius 1 is 1.38 bits per heavy atom. The molecule has 4 heteroatoms. The van der Waals surface area contributed by atoms with Crippen molar-refractivity contribution in [2.24, 2.45) is 5.92 Å². The number of hydrogen-bond acceptors (Lipinski definition) is 3. The minimum atomic E-state index is -0.0400. The average molecular weight is 227 g/mol. The lowest BCUT2D eigenvalue weighted by atomic mass is 10.1. The van der Waals surface area contributed by atoms with Crippen LogP contribution in [0.2, 0.25) is 0 Å². The first-order chi connectivity index (χ1) is 7.34. The van der Waals surface area contributed by atoms with Crippen LogP contribution in [-0.4, -0.2) is 54.6 Å². The van der Waals surface area contributed by atoms with Gasteiger partial charge in [-0.1, -0.05) is 13.8 Å². The van der Waals surface area contributed by atoms with Crippen LogP contribution in [0.5, 0.6) is 0 Å². The number of nitrogens with zero attached hydrogens (tertiary/aromatic N) is 2. The number of amides is 1. The Morgan fingerprint density at radius 3 is 2.38 bits per heavy atom. The molecule has 1 rings (SSSR count). The molecule has 3 unspecified atom stereocenters. The third-order valence-electron chi connectivity index (χ3n) is 3.38. The fourth-order valence-electron chi connectivity index (χ4n) is 2.01. The minimum Gasteiger partial charge on any atom is -0.324 e. The Balaban J connectivity index is 2.71. The minimum absolute atomic E-state index is 0.0400. The van der Waals surface area contributed by atoms with Crippen LogP contribution in [-0.2, 0) is 4.79 Å². The summed E-state index contributed by atoms with van der Waals surface area (Å²) >= 11 is 0. The molecule has 0 aromatic carbocycles. The number of carbonyl (C=O) groups is 1. The Labute approximate surface area is 99.0 Å². The molecule has 0 saturated carbocycles. The summed E-state index contributed by atoms with van der Waals surface area (Å²) in [5.74, 6) is 0.677. The summed E-state index contributed by atoms with van der Waals surface area (Å²) in [6.45, 7) is 9.18. The molecule has 0 radical (unpaired) electrons. The van der Waals surface area contributed by atoms with Crippen LogP contribution < -0.4 is 5.32 Å². The highest BCUT2D eigenvalue weighted by Crippen LogP contribution is 2.18. The molecule has 1 saturated heterocycles. The first kappa shape index (κ1) is 13.5. The van der Waals surface area contributed by atoms with Gasteiger partial charge in [-0.2, -0.15) is 0 Å². The lowest BCUT2D eigenvalue weighted by molar-refractivity contribution is -0.130. The molecule has 94 valence electrons. The third-order valence-corrected chi connectivity index (χ3v) is 3.38. The summed E-state index contributed by atoms with van der Waals surface area (Å²) in [5, 5.41) is 3.36. The molecule has 1 fully saturated rings. The molecule has 3 atom stereocenters. The Bertz CT molecular complexity index is 253. The van der Waals surface area contributed by atoms with Gasteiger partial charge in [0, 0.05) is 12.6 Å². The topological polar surface area (TPSA) is 35.6 Å². The lowest BCUT2D eigenvalue weighted by Crippen LogP contribution is -2.47. The van der Waals surface area contributed by atoms with Crippen LogP contribution in [0.3, 0.4) is 0 Å². The van der Waals surface area contributed by atoms with Crippen molar-refractivity contribution in [2.45, 2.75) is 45.9 Å². The second-order valence-electron chi connectivity index (χ2n) is 5.38. The molecule has 1 N–H and O–H groups in total. The van der Waals surface area contributed by atoms with Gasteiger partial charge in [0.2, 0.25) is 5.91 Å². The second kappa shape index (κ2) is 5.15. The van der Waals surface area contributed by atoms with Crippen molar-refractivity contribution >= 4 is 5.91 Å². The van der Waals surface area contributed by atoms with Crippen LogP contribution in [0.4, 0.5) is 0 Å². The van der Waals surface area contributed by atoms with E-state index in [4.69, 9.17) is 0 Å². The predicted molar refractivity (Wildman–Crippen MR) is 66.1 cm³/mol. The van der Waals surface area contributed by atoms with Gasteiger partial charge in [0.15, 0.2) is 0 Å². The average Bonchev–Trinajstić information content (AvgIpc) is 2.45. The van der Waals surface area contributed by atoms with Gasteiger partial charge in [-0.3, -0.25) is 10.1 Å². The molecule has 1 heterocycles. The van der Waals surface area contributed by atoms with Crippen LogP contribution in [0.25, 0.3) is 0 Å². The number of carbonyl (C=O) groups excluding carboxylic acids is 1. The maximum absolute atomic E-state index is 12.0. The van der Waals surface area contributed by atoms with Crippen LogP contribution in [0, 0.1) is 5.92 Å². The molecule has 0 aromatic rings. The Hall–Kier alpha value is -0.610. The fourth-order valence-corrected chi connectivity index (χ4v) is 2.01. The molecule has 0 spiro atoms. The fraction of sp³-hybridized carbons (Fsp3) is 0.917. The van der Waals surface area contributed by atoms with E-state index in [9.17, 15) is 4.79 Å². The smallest absolute Gasteiger partial charge is 0.240 e. The molecule has 1 amide bonds. The normalized spacial score (nSPS) is 28.2. The van der Waals surface area contributed by atoms with E-state index >= 15 is 0 Å². The molecule has 1 aliphatic heterocycles. The number of rotatable bonds is 4. The van der Waals surface area contributed by atoms with Gasteiger partial charge in [-0.25, -0.2) is 0 Å². The first-order valence-electron chi connectivity index (χ1n) is 6.07. The molecule has 4 nitrogen and oxygen atoms in total. The maximum Gasteiger partial charge on any atom is 0.240 e. The first-order valence-corrected chi connectivity index (χ1v) is 6.07. The largest absolute Gasteiger partial charge is 0.324 e. The summed E-state index contributed by atoms with van der Waals surface area (Å²) in [7, 11) is 4.10. The zero-order valence-electron chi connectivity index (χ0n) is 11.3. The van der Waals surface area contributed by atoms with Crippen molar-refractivity contribution in [3.63, 3.8) is 0 Å². The summed E-state index contributed by atoms with van der Waals surface area (Å²) in [4.78, 5) is 16.2. The van der Waals surface area contributed by atoms with E-state index in [1.165, 1.54) is 0 Å². The van der Waals surface area contributed by atoms with Gasteiger partial charge in [0.1, 0.15) is 0 Å². The monoisotopic (exact) mass is 227 g/mol. The zero-order chi connectivity index (χ0) is 12.5. The standard InChI is InChI=1S/C12H25N3O/c1-8(2)11-13-10(4)12(16)15(11)7-9(3)14(5)6/h8-11,13H,7H2,1-6H3. The van der Waals surface area contributed by atoms with E-state index in [1.807, 2.05) is 25.9 Å². The van der Waals surface area contributed by atoms with Crippen LogP contribution in [0.15, 0.2) is 0 Å². The molecular formula is C12H25N3O. The molecule has 0 aromatic heterocycles. The second-order valence-corrected chi connectivity index (χ2v) is 5.38. The molecule has 1 aliphatic rings. The van der Waals surface area contributed by atoms with Crippen molar-refractivity contribution < 1.29 is 4.79 Å². The molecule has 0 aliphatic carbocycles. The molecule has 16 heavy (non-hydrogen) atoms. The number of likely N-dealkylation sites (N-methyl/N-ethyl adjacent to an activating group) is 1. The van der Waals surface area contributed by atoms with Crippen molar-refractivity contribution in [1.82, 2.24) is 15.1 Å². The van der Waals surface area contributed by atoms with Crippen LogP contribution in [0.1, 0.15) is 27.7 Å². The van der Waals surface area contributed by atoms with E-state index in [1.54, 1.807) is 0 Å². The summed E-state index contributed by atoms with van der Waals surface area (Å²) in [6, 6.07) is 0.346. The third kappa shape index (κ3) is 2.74. The van der Waals surface area contributed by atoms with Crippen molar-refractivity contribution in [2.75, 3.05) is 20.6 Å². The number of nitrogens with one attached hydrogen (secondary N) is 1. The maximum atomic E-state index is 12.0. The van der Waals surface area contributed by atoms with E-state index < -0.39 is 0 Å². The van der Waals surface area contributed by atoms with Crippen LogP contribution >= 0.6 is 0 Å². The van der Waals surface area contributed by atoms with Crippen molar-refractivity contribution in [3.8, 4) is 0 Å². The van der Waals surface area contributed by atoms with E-state index in [0.717, 1.165) is 6.54 Å².